The van der Waals surface area contributed by atoms with E-state index in [0.29, 0.717) is 17.9 Å². The molecule has 2 saturated heterocycles. The van der Waals surface area contributed by atoms with Gasteiger partial charge in [0.15, 0.2) is 0 Å². The van der Waals surface area contributed by atoms with Crippen LogP contribution in [-0.2, 0) is 0 Å². The van der Waals surface area contributed by atoms with Gasteiger partial charge in [-0.1, -0.05) is 6.92 Å². The molecule has 0 radical (unpaired) electrons. The van der Waals surface area contributed by atoms with E-state index in [1.54, 1.807) is 12.4 Å². The summed E-state index contributed by atoms with van der Waals surface area (Å²) in [7, 11) is 0. The van der Waals surface area contributed by atoms with E-state index in [2.05, 4.69) is 32.6 Å². The van der Waals surface area contributed by atoms with Gasteiger partial charge in [0.05, 0.1) is 6.20 Å². The molecular formula is C12H19N5. The van der Waals surface area contributed by atoms with Gasteiger partial charge < -0.3 is 4.90 Å². The van der Waals surface area contributed by atoms with Gasteiger partial charge in [0.25, 0.3) is 0 Å². The highest BCUT2D eigenvalue weighted by Gasteiger charge is 2.35. The van der Waals surface area contributed by atoms with Crippen LogP contribution in [0.2, 0.25) is 0 Å². The van der Waals surface area contributed by atoms with E-state index >= 15 is 0 Å². The Bertz CT molecular complexity index is 368. The summed E-state index contributed by atoms with van der Waals surface area (Å²) < 4.78 is 0. The summed E-state index contributed by atoms with van der Waals surface area (Å²) in [6.07, 6.45) is 6.58. The molecule has 3 rings (SSSR count). The highest BCUT2D eigenvalue weighted by Crippen LogP contribution is 2.27. The van der Waals surface area contributed by atoms with Crippen LogP contribution in [-0.4, -0.2) is 35.6 Å². The third-order valence-corrected chi connectivity index (χ3v) is 3.91. The number of nitrogens with zero attached hydrogens (tertiary/aromatic N) is 3. The molecule has 5 nitrogen and oxygen atoms in total. The fraction of sp³-hybridized carbons (Fsp3) is 0.667. The minimum atomic E-state index is 0.594. The second-order valence-corrected chi connectivity index (χ2v) is 5.09. The van der Waals surface area contributed by atoms with E-state index in [1.165, 1.54) is 6.42 Å². The number of anilines is 1. The van der Waals surface area contributed by atoms with Crippen LogP contribution in [0.4, 0.5) is 5.82 Å². The van der Waals surface area contributed by atoms with Crippen LogP contribution < -0.4 is 15.8 Å². The maximum Gasteiger partial charge on any atom is 0.147 e. The zero-order chi connectivity index (χ0) is 11.7. The zero-order valence-electron chi connectivity index (χ0n) is 10.1. The molecule has 0 aromatic carbocycles. The number of nitrogens with one attached hydrogen (secondary N) is 2. The van der Waals surface area contributed by atoms with Gasteiger partial charge in [0.1, 0.15) is 5.82 Å². The quantitative estimate of drug-likeness (QED) is 0.775. The molecule has 2 aliphatic heterocycles. The topological polar surface area (TPSA) is 53.1 Å². The molecule has 3 unspecified atom stereocenters. The van der Waals surface area contributed by atoms with Crippen LogP contribution in [0.25, 0.3) is 0 Å². The summed E-state index contributed by atoms with van der Waals surface area (Å²) in [6.45, 7) is 5.56. The number of hydrogen-bond acceptors (Lipinski definition) is 5. The van der Waals surface area contributed by atoms with Crippen molar-refractivity contribution < 1.29 is 0 Å². The first-order chi connectivity index (χ1) is 8.34. The second kappa shape index (κ2) is 4.58. The lowest BCUT2D eigenvalue weighted by Gasteiger charge is -2.22. The van der Waals surface area contributed by atoms with Gasteiger partial charge in [0, 0.05) is 38.1 Å². The lowest BCUT2D eigenvalue weighted by Crippen LogP contribution is -2.39. The van der Waals surface area contributed by atoms with Gasteiger partial charge in [-0.25, -0.2) is 4.98 Å². The van der Waals surface area contributed by atoms with E-state index in [1.807, 2.05) is 6.20 Å². The van der Waals surface area contributed by atoms with E-state index in [4.69, 9.17) is 0 Å². The Kier molecular flexibility index (Phi) is 2.94. The van der Waals surface area contributed by atoms with Crippen molar-refractivity contribution in [1.29, 1.82) is 0 Å². The third kappa shape index (κ3) is 2.12. The average molecular weight is 233 g/mol. The Morgan fingerprint density at radius 1 is 1.41 bits per heavy atom. The fourth-order valence-corrected chi connectivity index (χ4v) is 2.93. The number of aromatic nitrogens is 2. The molecule has 2 fully saturated rings. The molecule has 5 heteroatoms. The Morgan fingerprint density at radius 2 is 2.35 bits per heavy atom. The van der Waals surface area contributed by atoms with Crippen molar-refractivity contribution in [2.24, 2.45) is 11.8 Å². The van der Waals surface area contributed by atoms with Gasteiger partial charge in [-0.3, -0.25) is 15.8 Å². The lowest BCUT2D eigenvalue weighted by atomic mass is 9.90. The molecule has 1 aromatic heterocycles. The Morgan fingerprint density at radius 3 is 3.06 bits per heavy atom. The molecule has 2 aliphatic rings. The molecule has 92 valence electrons. The fourth-order valence-electron chi connectivity index (χ4n) is 2.93. The normalized spacial score (nSPS) is 33.2. The van der Waals surface area contributed by atoms with Crippen molar-refractivity contribution in [2.45, 2.75) is 19.4 Å². The van der Waals surface area contributed by atoms with Gasteiger partial charge in [0.2, 0.25) is 0 Å². The monoisotopic (exact) mass is 233 g/mol. The van der Waals surface area contributed by atoms with Crippen molar-refractivity contribution in [3.63, 3.8) is 0 Å². The molecule has 0 bridgehead atoms. The largest absolute Gasteiger partial charge is 0.355 e. The molecule has 0 aliphatic carbocycles. The first-order valence-corrected chi connectivity index (χ1v) is 6.34. The Hall–Kier alpha value is -1.20. The lowest BCUT2D eigenvalue weighted by molar-refractivity contribution is 0.352. The summed E-state index contributed by atoms with van der Waals surface area (Å²) in [6, 6.07) is 0.594. The molecule has 3 atom stereocenters. The summed E-state index contributed by atoms with van der Waals surface area (Å²) in [5.41, 5.74) is 6.66. The number of rotatable bonds is 2. The molecule has 3 heterocycles. The number of hydrazine groups is 1. The van der Waals surface area contributed by atoms with Crippen LogP contribution in [0.1, 0.15) is 13.3 Å². The van der Waals surface area contributed by atoms with Crippen molar-refractivity contribution >= 4 is 5.82 Å². The van der Waals surface area contributed by atoms with E-state index < -0.39 is 0 Å². The standard InChI is InChI=1S/C12H19N5/c1-9-6-15-16-12(9)10-2-5-17(8-10)11-7-13-3-4-14-11/h3-4,7,9-10,12,15-16H,2,5-6,8H2,1H3. The van der Waals surface area contributed by atoms with Crippen LogP contribution >= 0.6 is 0 Å². The molecule has 0 saturated carbocycles. The summed E-state index contributed by atoms with van der Waals surface area (Å²) in [5, 5.41) is 0. The predicted molar refractivity (Wildman–Crippen MR) is 66.4 cm³/mol. The van der Waals surface area contributed by atoms with E-state index in [-0.39, 0.29) is 0 Å². The maximum absolute atomic E-state index is 4.37. The Balaban J connectivity index is 1.66. The van der Waals surface area contributed by atoms with Crippen molar-refractivity contribution in [3.8, 4) is 0 Å². The van der Waals surface area contributed by atoms with E-state index in [9.17, 15) is 0 Å². The first kappa shape index (κ1) is 10.9. The van der Waals surface area contributed by atoms with Crippen LogP contribution in [0.15, 0.2) is 18.6 Å². The van der Waals surface area contributed by atoms with Crippen molar-refractivity contribution in [1.82, 2.24) is 20.8 Å². The van der Waals surface area contributed by atoms with Gasteiger partial charge in [-0.2, -0.15) is 0 Å². The Labute approximate surface area is 102 Å². The van der Waals surface area contributed by atoms with Crippen molar-refractivity contribution in [3.05, 3.63) is 18.6 Å². The summed E-state index contributed by atoms with van der Waals surface area (Å²) >= 11 is 0. The van der Waals surface area contributed by atoms with Crippen LogP contribution in [0.5, 0.6) is 0 Å². The highest BCUT2D eigenvalue weighted by atomic mass is 15.4. The highest BCUT2D eigenvalue weighted by molar-refractivity contribution is 5.36. The minimum absolute atomic E-state index is 0.594. The van der Waals surface area contributed by atoms with Crippen LogP contribution in [0.3, 0.4) is 0 Å². The molecule has 17 heavy (non-hydrogen) atoms. The number of hydrogen-bond donors (Lipinski definition) is 2. The molecule has 0 amide bonds. The SMILES string of the molecule is CC1CNNC1C1CCN(c2cnccn2)C1. The maximum atomic E-state index is 4.37. The van der Waals surface area contributed by atoms with E-state index in [0.717, 1.165) is 25.5 Å². The first-order valence-electron chi connectivity index (χ1n) is 6.34. The van der Waals surface area contributed by atoms with Crippen molar-refractivity contribution in [2.75, 3.05) is 24.5 Å². The van der Waals surface area contributed by atoms with Gasteiger partial charge >= 0.3 is 0 Å². The average Bonchev–Trinajstić information content (AvgIpc) is 2.98. The van der Waals surface area contributed by atoms with Gasteiger partial charge in [-0.15, -0.1) is 0 Å². The summed E-state index contributed by atoms with van der Waals surface area (Å²) in [5.74, 6) is 2.43. The molecular weight excluding hydrogens is 214 g/mol. The summed E-state index contributed by atoms with van der Waals surface area (Å²) in [4.78, 5) is 10.8. The zero-order valence-corrected chi connectivity index (χ0v) is 10.1. The molecule has 1 aromatic rings. The van der Waals surface area contributed by atoms with Crippen LogP contribution in [0, 0.1) is 11.8 Å². The third-order valence-electron chi connectivity index (χ3n) is 3.91. The minimum Gasteiger partial charge on any atom is -0.355 e. The smallest absolute Gasteiger partial charge is 0.147 e. The predicted octanol–water partition coefficient (Wildman–Crippen LogP) is 0.415. The molecule has 2 N–H and O–H groups in total. The molecule has 0 spiro atoms. The van der Waals surface area contributed by atoms with Gasteiger partial charge in [-0.05, 0) is 18.3 Å². The second-order valence-electron chi connectivity index (χ2n) is 5.09.